The molecule has 2 rings (SSSR count). The summed E-state index contributed by atoms with van der Waals surface area (Å²) in [6.07, 6.45) is 1.65. The molecule has 0 aliphatic carbocycles. The molecule has 1 N–H and O–H groups in total. The fourth-order valence-electron chi connectivity index (χ4n) is 1.74. The molecule has 0 saturated carbocycles. The molecule has 4 nitrogen and oxygen atoms in total. The Morgan fingerprint density at radius 1 is 1.25 bits per heavy atom. The quantitative estimate of drug-likeness (QED) is 0.817. The van der Waals surface area contributed by atoms with Crippen LogP contribution in [0, 0.1) is 0 Å². The van der Waals surface area contributed by atoms with Gasteiger partial charge in [0.15, 0.2) is 16.7 Å². The lowest BCUT2D eigenvalue weighted by molar-refractivity contribution is 0.354. The molecule has 1 aromatic heterocycles. The number of halogens is 2. The molecule has 1 heterocycles. The second kappa shape index (κ2) is 6.81. The van der Waals surface area contributed by atoms with Gasteiger partial charge in [0.05, 0.1) is 19.9 Å². The SMILES string of the molecule is COc1cc(Br)c(CNc2cccnc2Cl)cc1OC. The minimum absolute atomic E-state index is 0.448. The van der Waals surface area contributed by atoms with Crippen LogP contribution in [0.2, 0.25) is 5.15 Å². The van der Waals surface area contributed by atoms with E-state index in [1.807, 2.05) is 24.3 Å². The van der Waals surface area contributed by atoms with Gasteiger partial charge in [-0.1, -0.05) is 27.5 Å². The Morgan fingerprint density at radius 2 is 1.95 bits per heavy atom. The molecule has 1 aromatic carbocycles. The predicted molar refractivity (Wildman–Crippen MR) is 83.8 cm³/mol. The molecule has 0 atom stereocenters. The summed E-state index contributed by atoms with van der Waals surface area (Å²) in [7, 11) is 3.22. The van der Waals surface area contributed by atoms with Crippen LogP contribution in [0.1, 0.15) is 5.56 Å². The highest BCUT2D eigenvalue weighted by Crippen LogP contribution is 2.33. The Kier molecular flexibility index (Phi) is 5.09. The molecular formula is C14H14BrClN2O2. The molecule has 106 valence electrons. The lowest BCUT2D eigenvalue weighted by atomic mass is 10.2. The Labute approximate surface area is 131 Å². The summed E-state index contributed by atoms with van der Waals surface area (Å²) in [5.41, 5.74) is 1.82. The first-order chi connectivity index (χ1) is 9.65. The van der Waals surface area contributed by atoms with Crippen LogP contribution in [0.5, 0.6) is 11.5 Å². The second-order valence-electron chi connectivity index (χ2n) is 3.99. The van der Waals surface area contributed by atoms with E-state index >= 15 is 0 Å². The molecule has 0 radical (unpaired) electrons. The maximum absolute atomic E-state index is 6.01. The molecule has 0 fully saturated rings. The molecule has 0 saturated heterocycles. The highest BCUT2D eigenvalue weighted by atomic mass is 79.9. The Hall–Kier alpha value is -1.46. The number of rotatable bonds is 5. The minimum Gasteiger partial charge on any atom is -0.493 e. The van der Waals surface area contributed by atoms with Crippen molar-refractivity contribution in [1.82, 2.24) is 4.98 Å². The van der Waals surface area contributed by atoms with Crippen LogP contribution in [0.4, 0.5) is 5.69 Å². The van der Waals surface area contributed by atoms with Gasteiger partial charge in [-0.2, -0.15) is 0 Å². The van der Waals surface area contributed by atoms with Gasteiger partial charge in [0, 0.05) is 17.2 Å². The van der Waals surface area contributed by atoms with Crippen molar-refractivity contribution in [3.63, 3.8) is 0 Å². The number of nitrogens with zero attached hydrogens (tertiary/aromatic N) is 1. The van der Waals surface area contributed by atoms with E-state index in [9.17, 15) is 0 Å². The average Bonchev–Trinajstić information content (AvgIpc) is 2.47. The highest BCUT2D eigenvalue weighted by Gasteiger charge is 2.10. The number of aromatic nitrogens is 1. The van der Waals surface area contributed by atoms with Crippen LogP contribution < -0.4 is 14.8 Å². The third kappa shape index (κ3) is 3.35. The van der Waals surface area contributed by atoms with Gasteiger partial charge in [0.1, 0.15) is 0 Å². The van der Waals surface area contributed by atoms with Crippen molar-refractivity contribution in [3.8, 4) is 11.5 Å². The van der Waals surface area contributed by atoms with Crippen LogP contribution in [0.15, 0.2) is 34.9 Å². The lowest BCUT2D eigenvalue weighted by Gasteiger charge is -2.13. The zero-order valence-electron chi connectivity index (χ0n) is 11.1. The number of anilines is 1. The normalized spacial score (nSPS) is 10.2. The third-order valence-electron chi connectivity index (χ3n) is 2.78. The van der Waals surface area contributed by atoms with Crippen molar-refractivity contribution in [3.05, 3.63) is 45.7 Å². The van der Waals surface area contributed by atoms with Crippen LogP contribution in [-0.2, 0) is 6.54 Å². The number of methoxy groups -OCH3 is 2. The summed E-state index contributed by atoms with van der Waals surface area (Å²) in [5, 5.41) is 3.69. The third-order valence-corrected chi connectivity index (χ3v) is 3.82. The predicted octanol–water partition coefficient (Wildman–Crippen LogP) is 4.13. The zero-order valence-corrected chi connectivity index (χ0v) is 13.5. The molecule has 20 heavy (non-hydrogen) atoms. The Morgan fingerprint density at radius 3 is 2.60 bits per heavy atom. The molecule has 0 aliphatic heterocycles. The van der Waals surface area contributed by atoms with Crippen LogP contribution in [0.3, 0.4) is 0 Å². The van der Waals surface area contributed by atoms with Crippen molar-refractivity contribution in [2.45, 2.75) is 6.54 Å². The van der Waals surface area contributed by atoms with E-state index in [-0.39, 0.29) is 0 Å². The van der Waals surface area contributed by atoms with Crippen molar-refractivity contribution in [2.24, 2.45) is 0 Å². The Balaban J connectivity index is 2.19. The van der Waals surface area contributed by atoms with Crippen molar-refractivity contribution >= 4 is 33.2 Å². The van der Waals surface area contributed by atoms with Gasteiger partial charge >= 0.3 is 0 Å². The maximum Gasteiger partial charge on any atom is 0.161 e. The standard InChI is InChI=1S/C14H14BrClN2O2/c1-19-12-6-9(10(15)7-13(12)20-2)8-18-11-4-3-5-17-14(11)16/h3-7,18H,8H2,1-2H3. The number of hydrogen-bond acceptors (Lipinski definition) is 4. The topological polar surface area (TPSA) is 43.4 Å². The van der Waals surface area contributed by atoms with Crippen LogP contribution in [0.25, 0.3) is 0 Å². The van der Waals surface area contributed by atoms with Gasteiger partial charge in [-0.05, 0) is 29.8 Å². The van der Waals surface area contributed by atoms with E-state index in [1.165, 1.54) is 0 Å². The smallest absolute Gasteiger partial charge is 0.161 e. The molecule has 6 heteroatoms. The average molecular weight is 358 g/mol. The summed E-state index contributed by atoms with van der Waals surface area (Å²) in [4.78, 5) is 4.02. The number of benzene rings is 1. The summed E-state index contributed by atoms with van der Waals surface area (Å²) in [6, 6.07) is 7.50. The van der Waals surface area contributed by atoms with Crippen LogP contribution in [-0.4, -0.2) is 19.2 Å². The number of nitrogens with one attached hydrogen (secondary N) is 1. The van der Waals surface area contributed by atoms with Gasteiger partial charge in [-0.15, -0.1) is 0 Å². The van der Waals surface area contributed by atoms with Gasteiger partial charge in [0.25, 0.3) is 0 Å². The van der Waals surface area contributed by atoms with E-state index < -0.39 is 0 Å². The monoisotopic (exact) mass is 356 g/mol. The van der Waals surface area contributed by atoms with E-state index in [0.717, 1.165) is 15.7 Å². The van der Waals surface area contributed by atoms with E-state index in [0.29, 0.717) is 23.2 Å². The Bertz CT molecular complexity index is 608. The molecule has 0 spiro atoms. The van der Waals surface area contributed by atoms with E-state index in [4.69, 9.17) is 21.1 Å². The maximum atomic E-state index is 6.01. The molecule has 0 amide bonds. The van der Waals surface area contributed by atoms with E-state index in [2.05, 4.69) is 26.2 Å². The molecular weight excluding hydrogens is 344 g/mol. The van der Waals surface area contributed by atoms with Gasteiger partial charge in [-0.3, -0.25) is 0 Å². The highest BCUT2D eigenvalue weighted by molar-refractivity contribution is 9.10. The lowest BCUT2D eigenvalue weighted by Crippen LogP contribution is -2.02. The second-order valence-corrected chi connectivity index (χ2v) is 5.21. The van der Waals surface area contributed by atoms with Gasteiger partial charge in [0.2, 0.25) is 0 Å². The first-order valence-corrected chi connectivity index (χ1v) is 7.07. The van der Waals surface area contributed by atoms with Crippen molar-refractivity contribution in [1.29, 1.82) is 0 Å². The van der Waals surface area contributed by atoms with Crippen molar-refractivity contribution < 1.29 is 9.47 Å². The number of ether oxygens (including phenoxy) is 2. The molecule has 0 bridgehead atoms. The fraction of sp³-hybridized carbons (Fsp3) is 0.214. The van der Waals surface area contributed by atoms with Crippen LogP contribution >= 0.6 is 27.5 Å². The minimum atomic E-state index is 0.448. The summed E-state index contributed by atoms with van der Waals surface area (Å²) in [5.74, 6) is 1.37. The van der Waals surface area contributed by atoms with Gasteiger partial charge in [-0.25, -0.2) is 4.98 Å². The number of hydrogen-bond donors (Lipinski definition) is 1. The molecule has 2 aromatic rings. The van der Waals surface area contributed by atoms with Crippen molar-refractivity contribution in [2.75, 3.05) is 19.5 Å². The number of pyridine rings is 1. The zero-order chi connectivity index (χ0) is 14.5. The molecule has 0 unspecified atom stereocenters. The van der Waals surface area contributed by atoms with Gasteiger partial charge < -0.3 is 14.8 Å². The fourth-order valence-corrected chi connectivity index (χ4v) is 2.39. The summed E-state index contributed by atoms with van der Waals surface area (Å²) < 4.78 is 11.5. The van der Waals surface area contributed by atoms with E-state index in [1.54, 1.807) is 20.4 Å². The first-order valence-electron chi connectivity index (χ1n) is 5.90. The largest absolute Gasteiger partial charge is 0.493 e. The molecule has 0 aliphatic rings. The summed E-state index contributed by atoms with van der Waals surface area (Å²) in [6.45, 7) is 0.590. The summed E-state index contributed by atoms with van der Waals surface area (Å²) >= 11 is 9.53. The first kappa shape index (κ1) is 14.9.